The van der Waals surface area contributed by atoms with Crippen molar-refractivity contribution in [2.75, 3.05) is 19.1 Å². The highest BCUT2D eigenvalue weighted by atomic mass is 35.5. The molecule has 8 heteroatoms. The number of hydrogen-bond acceptors (Lipinski definition) is 5. The zero-order valence-electron chi connectivity index (χ0n) is 13.2. The first-order chi connectivity index (χ1) is 10.1. The van der Waals surface area contributed by atoms with Gasteiger partial charge in [-0.25, -0.2) is 4.79 Å². The smallest absolute Gasteiger partial charge is 0.414 e. The van der Waals surface area contributed by atoms with Crippen molar-refractivity contribution in [2.24, 2.45) is 0 Å². The van der Waals surface area contributed by atoms with Crippen molar-refractivity contribution >= 4 is 29.1 Å². The number of ether oxygens (including phenoxy) is 2. The molecule has 1 rings (SSSR count). The lowest BCUT2D eigenvalue weighted by atomic mass is 10.1. The third kappa shape index (κ3) is 4.32. The van der Waals surface area contributed by atoms with Crippen LogP contribution in [0, 0.1) is 10.1 Å². The maximum atomic E-state index is 12.1. The number of amides is 1. The predicted molar refractivity (Wildman–Crippen MR) is 83.5 cm³/mol. The summed E-state index contributed by atoms with van der Waals surface area (Å²) in [7, 11) is 2.86. The van der Waals surface area contributed by atoms with E-state index in [9.17, 15) is 14.9 Å². The highest BCUT2D eigenvalue weighted by Crippen LogP contribution is 2.38. The van der Waals surface area contributed by atoms with Crippen LogP contribution in [0.15, 0.2) is 12.1 Å². The summed E-state index contributed by atoms with van der Waals surface area (Å²) in [4.78, 5) is 23.8. The van der Waals surface area contributed by atoms with E-state index < -0.39 is 16.6 Å². The Morgan fingerprint density at radius 3 is 2.45 bits per heavy atom. The van der Waals surface area contributed by atoms with E-state index in [4.69, 9.17) is 21.1 Å². The third-order valence-corrected chi connectivity index (χ3v) is 3.10. The molecule has 0 aliphatic heterocycles. The van der Waals surface area contributed by atoms with E-state index in [0.717, 1.165) is 4.90 Å². The third-order valence-electron chi connectivity index (χ3n) is 2.67. The minimum atomic E-state index is -0.730. The van der Waals surface area contributed by atoms with Crippen molar-refractivity contribution < 1.29 is 19.2 Å². The Bertz CT molecular complexity index is 583. The van der Waals surface area contributed by atoms with Crippen molar-refractivity contribution in [3.63, 3.8) is 0 Å². The van der Waals surface area contributed by atoms with Crippen LogP contribution in [0.2, 0.25) is 5.02 Å². The van der Waals surface area contributed by atoms with E-state index >= 15 is 0 Å². The molecule has 22 heavy (non-hydrogen) atoms. The van der Waals surface area contributed by atoms with Crippen LogP contribution in [0.5, 0.6) is 0 Å². The van der Waals surface area contributed by atoms with Crippen molar-refractivity contribution in [3.8, 4) is 0 Å². The lowest BCUT2D eigenvalue weighted by molar-refractivity contribution is -0.384. The molecule has 0 heterocycles. The van der Waals surface area contributed by atoms with Gasteiger partial charge < -0.3 is 9.47 Å². The fraction of sp³-hybridized carbons (Fsp3) is 0.500. The standard InChI is InChI=1S/C14H19ClN2O5/c1-14(2,3)22-13(18)16(4)12-10(17(19)20)7-6-9(8-21-5)11(12)15/h6-7H,8H2,1-5H3. The molecule has 0 aliphatic carbocycles. The Balaban J connectivity index is 3.32. The van der Waals surface area contributed by atoms with E-state index in [1.165, 1.54) is 26.3 Å². The quantitative estimate of drug-likeness (QED) is 0.620. The zero-order chi connectivity index (χ0) is 17.1. The summed E-state index contributed by atoms with van der Waals surface area (Å²) in [5, 5.41) is 11.3. The van der Waals surface area contributed by atoms with Crippen LogP contribution < -0.4 is 4.90 Å². The average molecular weight is 331 g/mol. The molecule has 1 amide bonds. The molecule has 0 fully saturated rings. The predicted octanol–water partition coefficient (Wildman–Crippen LogP) is 3.77. The molecule has 122 valence electrons. The molecule has 0 saturated heterocycles. The summed E-state index contributed by atoms with van der Waals surface area (Å²) in [5.41, 5.74) is -0.481. The van der Waals surface area contributed by atoms with Crippen molar-refractivity contribution in [2.45, 2.75) is 33.0 Å². The minimum absolute atomic E-state index is 0.0181. The monoisotopic (exact) mass is 330 g/mol. The van der Waals surface area contributed by atoms with E-state index in [2.05, 4.69) is 0 Å². The van der Waals surface area contributed by atoms with Gasteiger partial charge in [0.1, 0.15) is 11.3 Å². The lowest BCUT2D eigenvalue weighted by Crippen LogP contribution is -2.34. The molecular formula is C14H19ClN2O5. The maximum absolute atomic E-state index is 12.1. The number of hydrogen-bond donors (Lipinski definition) is 0. The Labute approximate surface area is 133 Å². The van der Waals surface area contributed by atoms with Crippen LogP contribution in [0.3, 0.4) is 0 Å². The Morgan fingerprint density at radius 1 is 1.41 bits per heavy atom. The fourth-order valence-electron chi connectivity index (χ4n) is 1.75. The first-order valence-electron chi connectivity index (χ1n) is 6.50. The zero-order valence-corrected chi connectivity index (χ0v) is 13.9. The molecule has 0 unspecified atom stereocenters. The van der Waals surface area contributed by atoms with Gasteiger partial charge in [0.05, 0.1) is 16.6 Å². The van der Waals surface area contributed by atoms with Gasteiger partial charge in [0, 0.05) is 20.2 Å². The molecule has 0 spiro atoms. The van der Waals surface area contributed by atoms with Gasteiger partial charge in [-0.2, -0.15) is 0 Å². The van der Waals surface area contributed by atoms with Crippen molar-refractivity contribution in [1.82, 2.24) is 0 Å². The van der Waals surface area contributed by atoms with Crippen LogP contribution in [-0.2, 0) is 16.1 Å². The van der Waals surface area contributed by atoms with Crippen LogP contribution in [0.1, 0.15) is 26.3 Å². The number of benzene rings is 1. The molecule has 0 aliphatic rings. The number of nitro benzene ring substituents is 1. The van der Waals surface area contributed by atoms with E-state index in [0.29, 0.717) is 5.56 Å². The van der Waals surface area contributed by atoms with Gasteiger partial charge in [-0.1, -0.05) is 11.6 Å². The van der Waals surface area contributed by atoms with E-state index in [-0.39, 0.29) is 23.0 Å². The number of nitrogens with zero attached hydrogens (tertiary/aromatic N) is 2. The van der Waals surface area contributed by atoms with E-state index in [1.54, 1.807) is 20.8 Å². The Morgan fingerprint density at radius 2 is 2.00 bits per heavy atom. The second-order valence-electron chi connectivity index (χ2n) is 5.64. The molecule has 0 atom stereocenters. The summed E-state index contributed by atoms with van der Waals surface area (Å²) in [5.74, 6) is 0. The SMILES string of the molecule is COCc1ccc([N+](=O)[O-])c(N(C)C(=O)OC(C)(C)C)c1Cl. The van der Waals surface area contributed by atoms with Gasteiger partial charge in [0.15, 0.2) is 0 Å². The number of carbonyl (C=O) groups excluding carboxylic acids is 1. The molecule has 0 saturated carbocycles. The van der Waals surface area contributed by atoms with Gasteiger partial charge >= 0.3 is 6.09 Å². The molecule has 0 aromatic heterocycles. The number of halogens is 1. The lowest BCUT2D eigenvalue weighted by Gasteiger charge is -2.25. The summed E-state index contributed by atoms with van der Waals surface area (Å²) >= 11 is 6.21. The number of methoxy groups -OCH3 is 1. The molecule has 0 N–H and O–H groups in total. The van der Waals surface area contributed by atoms with Crippen LogP contribution in [0.25, 0.3) is 0 Å². The second-order valence-corrected chi connectivity index (χ2v) is 6.01. The molecule has 0 radical (unpaired) electrons. The van der Waals surface area contributed by atoms with Gasteiger partial charge in [-0.15, -0.1) is 0 Å². The molecule has 1 aromatic carbocycles. The topological polar surface area (TPSA) is 81.9 Å². The number of anilines is 1. The summed E-state index contributed by atoms with van der Waals surface area (Å²) in [6, 6.07) is 2.78. The van der Waals surface area contributed by atoms with E-state index in [1.807, 2.05) is 0 Å². The summed E-state index contributed by atoms with van der Waals surface area (Å²) < 4.78 is 10.2. The van der Waals surface area contributed by atoms with Gasteiger partial charge in [0.2, 0.25) is 0 Å². The molecule has 7 nitrogen and oxygen atoms in total. The normalized spacial score (nSPS) is 11.2. The Kier molecular flexibility index (Phi) is 5.73. The van der Waals surface area contributed by atoms with Crippen LogP contribution >= 0.6 is 11.6 Å². The fourth-order valence-corrected chi connectivity index (χ4v) is 2.09. The Hall–Kier alpha value is -1.86. The van der Waals surface area contributed by atoms with Gasteiger partial charge in [-0.3, -0.25) is 15.0 Å². The summed E-state index contributed by atoms with van der Waals surface area (Å²) in [6.07, 6.45) is -0.730. The average Bonchev–Trinajstić information content (AvgIpc) is 2.38. The van der Waals surface area contributed by atoms with Crippen LogP contribution in [-0.4, -0.2) is 30.8 Å². The molecular weight excluding hydrogens is 312 g/mol. The second kappa shape index (κ2) is 6.93. The molecule has 1 aromatic rings. The van der Waals surface area contributed by atoms with Crippen molar-refractivity contribution in [3.05, 3.63) is 32.8 Å². The van der Waals surface area contributed by atoms with Gasteiger partial charge in [-0.05, 0) is 32.4 Å². The first kappa shape index (κ1) is 18.2. The number of carbonyl (C=O) groups is 1. The molecule has 0 bridgehead atoms. The van der Waals surface area contributed by atoms with Crippen LogP contribution in [0.4, 0.5) is 16.2 Å². The minimum Gasteiger partial charge on any atom is -0.443 e. The summed E-state index contributed by atoms with van der Waals surface area (Å²) in [6.45, 7) is 5.29. The first-order valence-corrected chi connectivity index (χ1v) is 6.87. The highest BCUT2D eigenvalue weighted by molar-refractivity contribution is 6.35. The highest BCUT2D eigenvalue weighted by Gasteiger charge is 2.29. The largest absolute Gasteiger partial charge is 0.443 e. The maximum Gasteiger partial charge on any atom is 0.414 e. The van der Waals surface area contributed by atoms with Crippen molar-refractivity contribution in [1.29, 1.82) is 0 Å². The number of nitro groups is 1. The number of rotatable bonds is 4. The van der Waals surface area contributed by atoms with Gasteiger partial charge in [0.25, 0.3) is 5.69 Å².